The van der Waals surface area contributed by atoms with Gasteiger partial charge in [0.05, 0.1) is 0 Å². The molecule has 1 aliphatic carbocycles. The second-order valence-electron chi connectivity index (χ2n) is 10.3. The number of ether oxygens (including phenoxy) is 1. The Bertz CT molecular complexity index is 1610. The van der Waals surface area contributed by atoms with Crippen LogP contribution in [0.2, 0.25) is 5.32 Å². The number of benzene rings is 4. The van der Waals surface area contributed by atoms with Gasteiger partial charge in [0.25, 0.3) is 0 Å². The fourth-order valence-corrected chi connectivity index (χ4v) is 8.70. The van der Waals surface area contributed by atoms with Crippen LogP contribution in [0.5, 0.6) is 5.75 Å². The van der Waals surface area contributed by atoms with Crippen molar-refractivity contribution in [1.29, 1.82) is 0 Å². The Labute approximate surface area is 244 Å². The number of hydrogen-bond donors (Lipinski definition) is 0. The molecule has 0 bridgehead atoms. The maximum atomic E-state index is 14.6. The summed E-state index contributed by atoms with van der Waals surface area (Å²) in [7, 11) is 1.61. The van der Waals surface area contributed by atoms with Gasteiger partial charge in [-0.1, -0.05) is 0 Å². The van der Waals surface area contributed by atoms with Crippen LogP contribution in [0.3, 0.4) is 0 Å². The molecular formula is C33H28N2O5Se. The van der Waals surface area contributed by atoms with E-state index in [1.165, 1.54) is 6.07 Å². The number of para-hydroxylation sites is 1. The number of rotatable bonds is 8. The fourth-order valence-electron chi connectivity index (χ4n) is 6.28. The Morgan fingerprint density at radius 3 is 2.34 bits per heavy atom. The fraction of sp³-hybridized carbons (Fsp3) is 0.212. The molecule has 2 aliphatic rings. The molecule has 1 saturated heterocycles. The van der Waals surface area contributed by atoms with E-state index in [0.29, 0.717) is 21.1 Å². The minimum atomic E-state index is -0.444. The normalized spacial score (nSPS) is 20.3. The molecule has 0 N–H and O–H groups in total. The van der Waals surface area contributed by atoms with Crippen LogP contribution in [-0.4, -0.2) is 43.6 Å². The first-order valence-electron chi connectivity index (χ1n) is 13.5. The zero-order chi connectivity index (χ0) is 28.5. The van der Waals surface area contributed by atoms with Gasteiger partial charge in [0.2, 0.25) is 0 Å². The van der Waals surface area contributed by atoms with Gasteiger partial charge in [0.1, 0.15) is 0 Å². The number of fused-ring (bicyclic) bond motifs is 3. The van der Waals surface area contributed by atoms with E-state index in [2.05, 4.69) is 0 Å². The van der Waals surface area contributed by atoms with Crippen molar-refractivity contribution in [3.63, 3.8) is 0 Å². The number of nitro groups is 1. The molecule has 4 atom stereocenters. The number of carbonyl (C=O) groups excluding carboxylic acids is 2. The van der Waals surface area contributed by atoms with E-state index < -0.39 is 5.92 Å². The van der Waals surface area contributed by atoms with Crippen molar-refractivity contribution >= 4 is 36.8 Å². The first-order chi connectivity index (χ1) is 20.0. The number of likely N-dealkylation sites (tertiary alicyclic amines) is 1. The van der Waals surface area contributed by atoms with Crippen molar-refractivity contribution in [2.45, 2.75) is 29.7 Å². The molecule has 1 fully saturated rings. The standard InChI is InChI=1S/C33H28N2O5Se/c1-40-23-17-15-22(16-18-23)32-26-19-29(36)24-11-5-6-12-25(24)31(26)33(37)34(32)28(21-9-3-2-4-10-21)20-41-30-14-8-7-13-27(30)35(38)39/h2-18,26,28,31-32H,19-20H2,1H3/t26-,28+,31+,32+/m0/s1. The predicted molar refractivity (Wildman–Crippen MR) is 157 cm³/mol. The number of ketones is 1. The van der Waals surface area contributed by atoms with Crippen molar-refractivity contribution < 1.29 is 19.2 Å². The molecule has 4 aromatic carbocycles. The molecule has 1 amide bonds. The molecular weight excluding hydrogens is 583 g/mol. The Hall–Kier alpha value is -4.26. The zero-order valence-electron chi connectivity index (χ0n) is 22.4. The van der Waals surface area contributed by atoms with Crippen molar-refractivity contribution in [1.82, 2.24) is 4.90 Å². The van der Waals surface area contributed by atoms with Gasteiger partial charge in [0.15, 0.2) is 0 Å². The molecule has 1 heterocycles. The van der Waals surface area contributed by atoms with Crippen LogP contribution in [-0.2, 0) is 4.79 Å². The maximum absolute atomic E-state index is 14.6. The Morgan fingerprint density at radius 1 is 0.927 bits per heavy atom. The molecule has 206 valence electrons. The van der Waals surface area contributed by atoms with Crippen LogP contribution < -0.4 is 9.20 Å². The average molecular weight is 612 g/mol. The quantitative estimate of drug-likeness (QED) is 0.146. The van der Waals surface area contributed by atoms with Gasteiger partial charge in [-0.25, -0.2) is 0 Å². The Balaban J connectivity index is 1.47. The molecule has 0 saturated carbocycles. The van der Waals surface area contributed by atoms with Gasteiger partial charge in [-0.05, 0) is 0 Å². The summed E-state index contributed by atoms with van der Waals surface area (Å²) in [5.74, 6) is 0.0767. The van der Waals surface area contributed by atoms with Crippen molar-refractivity contribution in [3.05, 3.63) is 135 Å². The number of nitrogens with zero attached hydrogens (tertiary/aromatic N) is 2. The van der Waals surface area contributed by atoms with Crippen molar-refractivity contribution in [3.8, 4) is 5.75 Å². The molecule has 0 spiro atoms. The first kappa shape index (κ1) is 26.9. The predicted octanol–water partition coefficient (Wildman–Crippen LogP) is 5.66. The van der Waals surface area contributed by atoms with Gasteiger partial charge in [-0.2, -0.15) is 0 Å². The zero-order valence-corrected chi connectivity index (χ0v) is 24.1. The van der Waals surface area contributed by atoms with E-state index in [1.807, 2.05) is 95.9 Å². The number of Topliss-reactive ketones (excluding diaryl/α,β-unsaturated/α-hetero) is 1. The summed E-state index contributed by atoms with van der Waals surface area (Å²) in [5.41, 5.74) is 3.43. The molecule has 6 rings (SSSR count). The summed E-state index contributed by atoms with van der Waals surface area (Å²) in [6.45, 7) is 0. The van der Waals surface area contributed by atoms with E-state index in [4.69, 9.17) is 4.74 Å². The van der Waals surface area contributed by atoms with Gasteiger partial charge < -0.3 is 0 Å². The van der Waals surface area contributed by atoms with E-state index in [1.54, 1.807) is 13.2 Å². The third-order valence-corrected chi connectivity index (χ3v) is 10.5. The summed E-state index contributed by atoms with van der Waals surface area (Å²) in [4.78, 5) is 41.4. The molecule has 41 heavy (non-hydrogen) atoms. The summed E-state index contributed by atoms with van der Waals surface area (Å²) in [6, 6.07) is 31.2. The van der Waals surface area contributed by atoms with Crippen LogP contribution in [0, 0.1) is 16.0 Å². The molecule has 7 nitrogen and oxygen atoms in total. The van der Waals surface area contributed by atoms with E-state index in [0.717, 1.165) is 16.7 Å². The summed E-state index contributed by atoms with van der Waals surface area (Å²) in [6.07, 6.45) is 0.275. The minimum absolute atomic E-state index is 0.0111. The third kappa shape index (κ3) is 4.94. The monoisotopic (exact) mass is 612 g/mol. The van der Waals surface area contributed by atoms with E-state index in [9.17, 15) is 19.7 Å². The summed E-state index contributed by atoms with van der Waals surface area (Å²) in [5, 5.41) is 12.3. The summed E-state index contributed by atoms with van der Waals surface area (Å²) >= 11 is -0.295. The molecule has 4 aromatic rings. The van der Waals surface area contributed by atoms with Crippen LogP contribution in [0.15, 0.2) is 103 Å². The molecule has 0 radical (unpaired) electrons. The topological polar surface area (TPSA) is 89.8 Å². The molecule has 1 aliphatic heterocycles. The second kappa shape index (κ2) is 11.3. The number of amides is 1. The van der Waals surface area contributed by atoms with Gasteiger partial charge in [-0.3, -0.25) is 0 Å². The molecule has 0 aromatic heterocycles. The Morgan fingerprint density at radius 2 is 1.61 bits per heavy atom. The van der Waals surface area contributed by atoms with Crippen LogP contribution in [0.1, 0.15) is 51.5 Å². The molecule has 8 heteroatoms. The van der Waals surface area contributed by atoms with Crippen LogP contribution in [0.25, 0.3) is 0 Å². The van der Waals surface area contributed by atoms with E-state index in [-0.39, 0.29) is 61.7 Å². The van der Waals surface area contributed by atoms with Crippen LogP contribution in [0.4, 0.5) is 5.69 Å². The Kier molecular flexibility index (Phi) is 7.43. The second-order valence-corrected chi connectivity index (χ2v) is 12.5. The molecule has 0 unspecified atom stereocenters. The summed E-state index contributed by atoms with van der Waals surface area (Å²) < 4.78 is 6.09. The number of methoxy groups -OCH3 is 1. The van der Waals surface area contributed by atoms with Crippen LogP contribution >= 0.6 is 0 Å². The average Bonchev–Trinajstić information content (AvgIpc) is 3.29. The number of nitro benzene ring substituents is 1. The third-order valence-electron chi connectivity index (χ3n) is 8.11. The van der Waals surface area contributed by atoms with Gasteiger partial charge in [0, 0.05) is 0 Å². The van der Waals surface area contributed by atoms with E-state index >= 15 is 0 Å². The van der Waals surface area contributed by atoms with Crippen molar-refractivity contribution in [2.75, 3.05) is 7.11 Å². The van der Waals surface area contributed by atoms with Gasteiger partial charge in [-0.15, -0.1) is 0 Å². The first-order valence-corrected chi connectivity index (χ1v) is 15.5. The van der Waals surface area contributed by atoms with Gasteiger partial charge >= 0.3 is 245 Å². The number of carbonyl (C=O) groups is 2. The number of hydrogen-bond acceptors (Lipinski definition) is 5. The SMILES string of the molecule is COc1ccc([C@@H]2[C@H]3CC(=O)c4ccccc4[C@H]3C(=O)N2[C@H](C[Se]c2ccccc2[N+](=O)[O-])c2ccccc2)cc1. The van der Waals surface area contributed by atoms with Crippen molar-refractivity contribution in [2.24, 2.45) is 5.92 Å².